The van der Waals surface area contributed by atoms with Gasteiger partial charge in [0.25, 0.3) is 5.91 Å². The highest BCUT2D eigenvalue weighted by Crippen LogP contribution is 2.46. The Hall–Kier alpha value is -4.71. The van der Waals surface area contributed by atoms with E-state index in [0.29, 0.717) is 27.3 Å². The normalized spacial score (nSPS) is 13.4. The van der Waals surface area contributed by atoms with Crippen LogP contribution in [0.15, 0.2) is 107 Å². The molecule has 2 atom stereocenters. The number of aromatic nitrogens is 1. The number of anilines is 1. The van der Waals surface area contributed by atoms with E-state index in [4.69, 9.17) is 9.93 Å². The summed E-state index contributed by atoms with van der Waals surface area (Å²) >= 11 is 1.24. The van der Waals surface area contributed by atoms with E-state index in [1.54, 1.807) is 72.9 Å². The quantitative estimate of drug-likeness (QED) is 0.0656. The fourth-order valence-corrected chi connectivity index (χ4v) is 6.71. The first-order valence-electron chi connectivity index (χ1n) is 13.7. The van der Waals surface area contributed by atoms with Crippen LogP contribution in [0.25, 0.3) is 6.08 Å². The average molecular weight is 668 g/mol. The third-order valence-electron chi connectivity index (χ3n) is 6.24. The van der Waals surface area contributed by atoms with Gasteiger partial charge < -0.3 is 20.0 Å². The number of carbonyl (C=O) groups is 2. The Bertz CT molecular complexity index is 1790. The fraction of sp³-hybridized carbons (Fsp3) is 0.125. The maximum atomic E-state index is 14.2. The predicted molar refractivity (Wildman–Crippen MR) is 172 cm³/mol. The third-order valence-corrected chi connectivity index (χ3v) is 9.05. The number of pyridine rings is 1. The number of hydrogen-bond acceptors (Lipinski definition) is 7. The number of nitrogens with zero attached hydrogens (tertiary/aromatic N) is 1. The van der Waals surface area contributed by atoms with E-state index in [-0.39, 0.29) is 28.6 Å². The monoisotopic (exact) mass is 667 g/mol. The smallest absolute Gasteiger partial charge is 0.417 e. The summed E-state index contributed by atoms with van der Waals surface area (Å²) in [7, 11) is -2.77. The van der Waals surface area contributed by atoms with Crippen molar-refractivity contribution in [3.63, 3.8) is 0 Å². The van der Waals surface area contributed by atoms with Crippen molar-refractivity contribution < 1.29 is 31.8 Å². The molecule has 1 aromatic heterocycles. The van der Waals surface area contributed by atoms with Crippen LogP contribution >= 0.6 is 19.4 Å². The van der Waals surface area contributed by atoms with Gasteiger partial charge in [-0.3, -0.25) is 14.9 Å². The lowest BCUT2D eigenvalue weighted by Gasteiger charge is -2.25. The first kappa shape index (κ1) is 34.2. The van der Waals surface area contributed by atoms with Crippen molar-refractivity contribution in [2.24, 2.45) is 0 Å². The number of amides is 1. The van der Waals surface area contributed by atoms with E-state index in [2.05, 4.69) is 20.5 Å². The highest BCUT2D eigenvalue weighted by Gasteiger charge is 2.32. The van der Waals surface area contributed by atoms with Crippen molar-refractivity contribution in [3.8, 4) is 5.75 Å². The Balaban J connectivity index is 1.75. The Labute approximate surface area is 267 Å². The maximum absolute atomic E-state index is 14.2. The Morgan fingerprint density at radius 1 is 1.02 bits per heavy atom. The van der Waals surface area contributed by atoms with Gasteiger partial charge in [-0.05, 0) is 85.8 Å². The van der Waals surface area contributed by atoms with E-state index >= 15 is 0 Å². The van der Waals surface area contributed by atoms with Crippen LogP contribution in [0.3, 0.4) is 0 Å². The van der Waals surface area contributed by atoms with Gasteiger partial charge in [0.15, 0.2) is 0 Å². The second kappa shape index (κ2) is 15.0. The molecule has 14 heteroatoms. The topological polar surface area (TPSA) is 133 Å². The van der Waals surface area contributed by atoms with Crippen LogP contribution in [-0.2, 0) is 15.5 Å². The van der Waals surface area contributed by atoms with Crippen LogP contribution in [0.4, 0.5) is 18.9 Å². The highest BCUT2D eigenvalue weighted by molar-refractivity contribution is 7.99. The molecule has 0 radical (unpaired) electrons. The van der Waals surface area contributed by atoms with E-state index < -0.39 is 25.5 Å². The molecule has 4 rings (SSSR count). The number of nitrogens with one attached hydrogen (secondary N) is 4. The molecule has 0 saturated carbocycles. The summed E-state index contributed by atoms with van der Waals surface area (Å²) in [6.45, 7) is 1.43. The highest BCUT2D eigenvalue weighted by atomic mass is 32.2. The van der Waals surface area contributed by atoms with Crippen LogP contribution in [0, 0.1) is 5.41 Å². The lowest BCUT2D eigenvalue weighted by Crippen LogP contribution is -2.30. The molecule has 0 aliphatic rings. The second-order valence-corrected chi connectivity index (χ2v) is 12.6. The minimum Gasteiger partial charge on any atom is -0.418 e. The molecule has 0 spiro atoms. The molecule has 0 aliphatic carbocycles. The largest absolute Gasteiger partial charge is 0.418 e. The number of rotatable bonds is 13. The van der Waals surface area contributed by atoms with Gasteiger partial charge in [-0.25, -0.2) is 9.65 Å². The minimum atomic E-state index is -4.59. The van der Waals surface area contributed by atoms with Gasteiger partial charge in [0.2, 0.25) is 0 Å². The number of benzene rings is 3. The average Bonchev–Trinajstić information content (AvgIpc) is 3.03. The van der Waals surface area contributed by atoms with Crippen molar-refractivity contribution >= 4 is 49.1 Å². The standard InChI is InChI=1S/C32H29F3N5O4PS/c1-21(20-41)39-45(43,44-24-13-10-22(11-14-24)32(33,34)35)40-29-19-25(46-30-9-4-3-8-27(30)31(42)37-2)15-16-26(29)28(36)17-12-23-7-5-6-18-38-23/h3-21,36H,1-2H3,(H,37,42)(H2,39,40,43)/b17-12+,36-28?. The van der Waals surface area contributed by atoms with E-state index in [1.807, 2.05) is 0 Å². The molecule has 4 aromatic rings. The summed E-state index contributed by atoms with van der Waals surface area (Å²) in [5, 5.41) is 16.8. The molecular weight excluding hydrogens is 638 g/mol. The zero-order valence-corrected chi connectivity index (χ0v) is 26.3. The SMILES string of the molecule is CNC(=O)c1ccccc1Sc1ccc(C(=N)/C=C/c2ccccn2)c(NP(=O)(NC(C)C=O)Oc2ccc(C(F)(F)F)cc2)c1. The van der Waals surface area contributed by atoms with Crippen LogP contribution in [0.1, 0.15) is 34.1 Å². The number of halogens is 3. The first-order valence-corrected chi connectivity index (χ1v) is 16.1. The van der Waals surface area contributed by atoms with Crippen LogP contribution in [0.5, 0.6) is 5.75 Å². The van der Waals surface area contributed by atoms with Gasteiger partial charge in [0, 0.05) is 28.6 Å². The van der Waals surface area contributed by atoms with E-state index in [0.717, 1.165) is 24.3 Å². The van der Waals surface area contributed by atoms with Gasteiger partial charge in [0.05, 0.1) is 34.3 Å². The fourth-order valence-electron chi connectivity index (χ4n) is 4.04. The number of allylic oxidation sites excluding steroid dienone is 1. The van der Waals surface area contributed by atoms with Crippen LogP contribution in [-0.4, -0.2) is 36.0 Å². The molecule has 238 valence electrons. The lowest BCUT2D eigenvalue weighted by atomic mass is 10.1. The van der Waals surface area contributed by atoms with Crippen molar-refractivity contribution in [1.29, 1.82) is 5.41 Å². The molecule has 0 fully saturated rings. The van der Waals surface area contributed by atoms with Crippen LogP contribution in [0.2, 0.25) is 0 Å². The molecule has 0 bridgehead atoms. The van der Waals surface area contributed by atoms with Crippen LogP contribution < -0.4 is 20.0 Å². The lowest BCUT2D eigenvalue weighted by molar-refractivity contribution is -0.137. The molecular formula is C32H29F3N5O4PS. The summed E-state index contributed by atoms with van der Waals surface area (Å²) in [5.74, 6) is -0.452. The maximum Gasteiger partial charge on any atom is 0.417 e. The summed E-state index contributed by atoms with van der Waals surface area (Å²) in [4.78, 5) is 29.4. The molecule has 3 aromatic carbocycles. The molecule has 1 heterocycles. The molecule has 2 unspecified atom stereocenters. The Morgan fingerprint density at radius 3 is 2.39 bits per heavy atom. The van der Waals surface area contributed by atoms with Crippen molar-refractivity contribution in [2.75, 3.05) is 12.1 Å². The summed E-state index contributed by atoms with van der Waals surface area (Å²) in [6, 6.07) is 19.8. The van der Waals surface area contributed by atoms with Gasteiger partial charge >= 0.3 is 13.8 Å². The molecule has 9 nitrogen and oxygen atoms in total. The summed E-state index contributed by atoms with van der Waals surface area (Å²) < 4.78 is 59.3. The zero-order chi connectivity index (χ0) is 33.3. The Kier molecular flexibility index (Phi) is 11.2. The summed E-state index contributed by atoms with van der Waals surface area (Å²) in [6.07, 6.45) is 0.634. The number of hydrogen-bond donors (Lipinski definition) is 4. The number of aldehydes is 1. The van der Waals surface area contributed by atoms with Gasteiger partial charge in [-0.2, -0.15) is 13.2 Å². The number of carbonyl (C=O) groups excluding carboxylic acids is 2. The first-order chi connectivity index (χ1) is 21.9. The van der Waals surface area contributed by atoms with E-state index in [9.17, 15) is 27.3 Å². The van der Waals surface area contributed by atoms with Gasteiger partial charge in [-0.15, -0.1) is 0 Å². The van der Waals surface area contributed by atoms with Crippen molar-refractivity contribution in [2.45, 2.75) is 28.9 Å². The molecule has 1 amide bonds. The van der Waals surface area contributed by atoms with Gasteiger partial charge in [0.1, 0.15) is 12.0 Å². The van der Waals surface area contributed by atoms with E-state index in [1.165, 1.54) is 31.8 Å². The zero-order valence-electron chi connectivity index (χ0n) is 24.5. The van der Waals surface area contributed by atoms with Gasteiger partial charge in [-0.1, -0.05) is 30.0 Å². The predicted octanol–water partition coefficient (Wildman–Crippen LogP) is 7.47. The minimum absolute atomic E-state index is 0.0000186. The number of alkyl halides is 3. The molecule has 46 heavy (non-hydrogen) atoms. The molecule has 0 aliphatic heterocycles. The second-order valence-electron chi connectivity index (χ2n) is 9.72. The molecule has 4 N–H and O–H groups in total. The van der Waals surface area contributed by atoms with Crippen molar-refractivity contribution in [1.82, 2.24) is 15.4 Å². The third kappa shape index (κ3) is 9.16. The Morgan fingerprint density at radius 2 is 1.74 bits per heavy atom. The molecule has 0 saturated heterocycles. The summed E-state index contributed by atoms with van der Waals surface area (Å²) in [5.41, 5.74) is 0.538. The van der Waals surface area contributed by atoms with Crippen molar-refractivity contribution in [3.05, 3.63) is 120 Å².